The molecule has 2 saturated heterocycles. The lowest BCUT2D eigenvalue weighted by Crippen LogP contribution is -2.57. The maximum Gasteiger partial charge on any atom is 0.405 e. The molecule has 2 N–H and O–H groups in total. The topological polar surface area (TPSA) is 68.0 Å². The lowest BCUT2D eigenvalue weighted by Gasteiger charge is -2.50. The van der Waals surface area contributed by atoms with Gasteiger partial charge >= 0.3 is 6.09 Å². The van der Waals surface area contributed by atoms with Crippen LogP contribution in [0.5, 0.6) is 0 Å². The molecular formula is C20H37N3O3. The van der Waals surface area contributed by atoms with Crippen molar-refractivity contribution in [3.05, 3.63) is 0 Å². The fourth-order valence-electron chi connectivity index (χ4n) is 5.15. The zero-order chi connectivity index (χ0) is 18.8. The Morgan fingerprint density at radius 2 is 1.42 bits per heavy atom. The summed E-state index contributed by atoms with van der Waals surface area (Å²) in [6.45, 7) is 13.0. The largest absolute Gasteiger partial charge is 0.443 e. The minimum Gasteiger partial charge on any atom is -0.443 e. The van der Waals surface area contributed by atoms with Crippen LogP contribution in [0.25, 0.3) is 0 Å². The van der Waals surface area contributed by atoms with Crippen molar-refractivity contribution in [2.75, 3.05) is 39.4 Å². The maximum atomic E-state index is 11.5. The van der Waals surface area contributed by atoms with Gasteiger partial charge in [0.15, 0.2) is 0 Å². The van der Waals surface area contributed by atoms with Gasteiger partial charge in [0.1, 0.15) is 5.60 Å². The standard InChI is InChI=1S/C20H37N3O3/c1-19(2,3)20(26-18(21)24)8-4-16(5-9-20)22-10-12-23(13-11-22)17-6-14-25-15-7-17/h16-17H,4-15H2,1-3H3,(H2,21,24). The molecule has 0 unspecified atom stereocenters. The molecule has 0 aromatic carbocycles. The molecule has 6 nitrogen and oxygen atoms in total. The molecule has 0 aromatic heterocycles. The second-order valence-corrected chi connectivity index (χ2v) is 9.31. The highest BCUT2D eigenvalue weighted by Crippen LogP contribution is 2.45. The Morgan fingerprint density at radius 1 is 0.962 bits per heavy atom. The predicted octanol–water partition coefficient (Wildman–Crippen LogP) is 2.61. The second-order valence-electron chi connectivity index (χ2n) is 9.31. The molecule has 2 aliphatic heterocycles. The number of primary amides is 1. The Balaban J connectivity index is 1.51. The van der Waals surface area contributed by atoms with Crippen LogP contribution in [-0.2, 0) is 9.47 Å². The van der Waals surface area contributed by atoms with Crippen molar-refractivity contribution in [1.29, 1.82) is 0 Å². The number of carbonyl (C=O) groups excluding carboxylic acids is 1. The van der Waals surface area contributed by atoms with E-state index in [0.717, 1.165) is 58.0 Å². The number of hydrogen-bond acceptors (Lipinski definition) is 5. The molecule has 1 aliphatic carbocycles. The van der Waals surface area contributed by atoms with Gasteiger partial charge in [-0.3, -0.25) is 9.80 Å². The van der Waals surface area contributed by atoms with Crippen molar-refractivity contribution in [3.63, 3.8) is 0 Å². The maximum absolute atomic E-state index is 11.5. The van der Waals surface area contributed by atoms with Crippen LogP contribution in [-0.4, -0.2) is 73.0 Å². The summed E-state index contributed by atoms with van der Waals surface area (Å²) in [7, 11) is 0. The van der Waals surface area contributed by atoms with Gasteiger partial charge in [-0.1, -0.05) is 20.8 Å². The first-order chi connectivity index (χ1) is 12.3. The Labute approximate surface area is 158 Å². The third-order valence-electron chi connectivity index (χ3n) is 7.00. The molecule has 150 valence electrons. The number of hydrogen-bond donors (Lipinski definition) is 1. The first-order valence-electron chi connectivity index (χ1n) is 10.3. The van der Waals surface area contributed by atoms with Crippen molar-refractivity contribution in [2.45, 2.75) is 77.0 Å². The van der Waals surface area contributed by atoms with E-state index in [-0.39, 0.29) is 5.41 Å². The molecule has 3 fully saturated rings. The van der Waals surface area contributed by atoms with Crippen LogP contribution < -0.4 is 5.73 Å². The molecule has 6 heteroatoms. The number of nitrogens with two attached hydrogens (primary N) is 1. The zero-order valence-electron chi connectivity index (χ0n) is 16.8. The molecule has 0 bridgehead atoms. The van der Waals surface area contributed by atoms with Crippen molar-refractivity contribution < 1.29 is 14.3 Å². The third kappa shape index (κ3) is 4.34. The summed E-state index contributed by atoms with van der Waals surface area (Å²) in [4.78, 5) is 16.8. The van der Waals surface area contributed by atoms with E-state index in [2.05, 4.69) is 30.6 Å². The summed E-state index contributed by atoms with van der Waals surface area (Å²) >= 11 is 0. The molecule has 0 spiro atoms. The Morgan fingerprint density at radius 3 is 1.85 bits per heavy atom. The molecule has 3 rings (SSSR count). The Bertz CT molecular complexity index is 469. The average Bonchev–Trinajstić information content (AvgIpc) is 2.62. The number of amides is 1. The number of rotatable bonds is 3. The minimum absolute atomic E-state index is 0.0885. The van der Waals surface area contributed by atoms with Gasteiger partial charge in [0.05, 0.1) is 0 Å². The first kappa shape index (κ1) is 19.9. The van der Waals surface area contributed by atoms with Gasteiger partial charge in [0, 0.05) is 56.9 Å². The molecule has 0 radical (unpaired) electrons. The van der Waals surface area contributed by atoms with Gasteiger partial charge < -0.3 is 15.2 Å². The van der Waals surface area contributed by atoms with E-state index in [1.165, 1.54) is 25.9 Å². The quantitative estimate of drug-likeness (QED) is 0.830. The highest BCUT2D eigenvalue weighted by atomic mass is 16.6. The Hall–Kier alpha value is -0.850. The smallest absolute Gasteiger partial charge is 0.405 e. The first-order valence-corrected chi connectivity index (χ1v) is 10.3. The Kier molecular flexibility index (Phi) is 6.14. The van der Waals surface area contributed by atoms with E-state index in [4.69, 9.17) is 15.2 Å². The number of piperazine rings is 1. The second kappa shape index (κ2) is 8.03. The highest BCUT2D eigenvalue weighted by Gasteiger charge is 2.48. The molecule has 2 heterocycles. The van der Waals surface area contributed by atoms with Crippen LogP contribution in [0.4, 0.5) is 4.79 Å². The molecular weight excluding hydrogens is 330 g/mol. The van der Waals surface area contributed by atoms with Crippen LogP contribution in [0.15, 0.2) is 0 Å². The van der Waals surface area contributed by atoms with E-state index in [1.807, 2.05) is 0 Å². The van der Waals surface area contributed by atoms with Gasteiger partial charge in [0.2, 0.25) is 0 Å². The van der Waals surface area contributed by atoms with Crippen LogP contribution in [0.3, 0.4) is 0 Å². The summed E-state index contributed by atoms with van der Waals surface area (Å²) in [6.07, 6.45) is 5.71. The predicted molar refractivity (Wildman–Crippen MR) is 102 cm³/mol. The van der Waals surface area contributed by atoms with Gasteiger partial charge in [-0.25, -0.2) is 4.79 Å². The summed E-state index contributed by atoms with van der Waals surface area (Å²) in [5, 5.41) is 0. The monoisotopic (exact) mass is 367 g/mol. The summed E-state index contributed by atoms with van der Waals surface area (Å²) < 4.78 is 11.2. The summed E-state index contributed by atoms with van der Waals surface area (Å²) in [5.41, 5.74) is 4.88. The lowest BCUT2D eigenvalue weighted by molar-refractivity contribution is -0.103. The van der Waals surface area contributed by atoms with E-state index in [0.29, 0.717) is 6.04 Å². The molecule has 0 aromatic rings. The highest BCUT2D eigenvalue weighted by molar-refractivity contribution is 5.65. The average molecular weight is 368 g/mol. The zero-order valence-corrected chi connectivity index (χ0v) is 16.8. The fourth-order valence-corrected chi connectivity index (χ4v) is 5.15. The number of carbonyl (C=O) groups is 1. The van der Waals surface area contributed by atoms with Gasteiger partial charge in [-0.15, -0.1) is 0 Å². The molecule has 0 atom stereocenters. The van der Waals surface area contributed by atoms with Gasteiger partial charge in [-0.05, 0) is 38.5 Å². The normalized spacial score (nSPS) is 33.1. The number of nitrogens with zero attached hydrogens (tertiary/aromatic N) is 2. The van der Waals surface area contributed by atoms with E-state index in [9.17, 15) is 4.79 Å². The van der Waals surface area contributed by atoms with Crippen molar-refractivity contribution in [1.82, 2.24) is 9.80 Å². The minimum atomic E-state index is -0.636. The molecule has 3 aliphatic rings. The molecule has 1 saturated carbocycles. The van der Waals surface area contributed by atoms with Crippen molar-refractivity contribution in [3.8, 4) is 0 Å². The fraction of sp³-hybridized carbons (Fsp3) is 0.950. The van der Waals surface area contributed by atoms with Crippen molar-refractivity contribution in [2.24, 2.45) is 11.1 Å². The van der Waals surface area contributed by atoms with Crippen LogP contribution >= 0.6 is 0 Å². The van der Waals surface area contributed by atoms with Gasteiger partial charge in [0.25, 0.3) is 0 Å². The van der Waals surface area contributed by atoms with Gasteiger partial charge in [-0.2, -0.15) is 0 Å². The third-order valence-corrected chi connectivity index (χ3v) is 7.00. The van der Waals surface area contributed by atoms with Crippen LogP contribution in [0.1, 0.15) is 59.3 Å². The number of ether oxygens (including phenoxy) is 2. The molecule has 1 amide bonds. The SMILES string of the molecule is CC(C)(C)C1(OC(N)=O)CCC(N2CCN(C3CCOCC3)CC2)CC1. The summed E-state index contributed by atoms with van der Waals surface area (Å²) in [6, 6.07) is 1.33. The molecule has 26 heavy (non-hydrogen) atoms. The van der Waals surface area contributed by atoms with Crippen LogP contribution in [0, 0.1) is 5.41 Å². The van der Waals surface area contributed by atoms with E-state index < -0.39 is 11.7 Å². The van der Waals surface area contributed by atoms with E-state index in [1.54, 1.807) is 0 Å². The van der Waals surface area contributed by atoms with Crippen molar-refractivity contribution >= 4 is 6.09 Å². The van der Waals surface area contributed by atoms with E-state index >= 15 is 0 Å². The summed E-state index contributed by atoms with van der Waals surface area (Å²) in [5.74, 6) is 0. The lowest BCUT2D eigenvalue weighted by atomic mass is 9.67. The van der Waals surface area contributed by atoms with Crippen LogP contribution in [0.2, 0.25) is 0 Å².